The summed E-state index contributed by atoms with van der Waals surface area (Å²) in [7, 11) is 1.48. The summed E-state index contributed by atoms with van der Waals surface area (Å²) < 4.78 is 19.0. The zero-order valence-corrected chi connectivity index (χ0v) is 12.0. The van der Waals surface area contributed by atoms with Crippen LogP contribution < -0.4 is 10.1 Å². The minimum atomic E-state index is -0.526. The van der Waals surface area contributed by atoms with Crippen molar-refractivity contribution in [3.8, 4) is 5.75 Å². The molecule has 1 aromatic rings. The molecule has 1 heterocycles. The van der Waals surface area contributed by atoms with Crippen LogP contribution in [0.15, 0.2) is 18.2 Å². The standard InChI is InChI=1S/C15H21FN2O2/c1-3-18(11-6-8-17-9-7-11)15(19)13-5-4-12(20-2)10-14(13)16/h4-5,10-11,17H,3,6-9H2,1-2H3. The third-order valence-electron chi connectivity index (χ3n) is 3.76. The molecular weight excluding hydrogens is 259 g/mol. The van der Waals surface area contributed by atoms with Gasteiger partial charge < -0.3 is 15.0 Å². The van der Waals surface area contributed by atoms with Gasteiger partial charge in [-0.25, -0.2) is 4.39 Å². The number of methoxy groups -OCH3 is 1. The molecule has 0 radical (unpaired) electrons. The largest absolute Gasteiger partial charge is 0.497 e. The molecular formula is C15H21FN2O2. The highest BCUT2D eigenvalue weighted by Crippen LogP contribution is 2.20. The van der Waals surface area contributed by atoms with Crippen molar-refractivity contribution in [3.05, 3.63) is 29.6 Å². The van der Waals surface area contributed by atoms with E-state index in [0.717, 1.165) is 25.9 Å². The Hall–Kier alpha value is -1.62. The third kappa shape index (κ3) is 3.10. The number of halogens is 1. The van der Waals surface area contributed by atoms with E-state index in [-0.39, 0.29) is 17.5 Å². The maximum atomic E-state index is 14.0. The first-order valence-electron chi connectivity index (χ1n) is 7.02. The Kier molecular flexibility index (Phi) is 4.95. The first-order valence-corrected chi connectivity index (χ1v) is 7.02. The topological polar surface area (TPSA) is 41.6 Å². The first-order chi connectivity index (χ1) is 9.67. The van der Waals surface area contributed by atoms with E-state index in [1.165, 1.54) is 19.2 Å². The van der Waals surface area contributed by atoms with Crippen LogP contribution in [0.25, 0.3) is 0 Å². The van der Waals surface area contributed by atoms with E-state index in [4.69, 9.17) is 4.74 Å². The van der Waals surface area contributed by atoms with Crippen molar-refractivity contribution in [2.24, 2.45) is 0 Å². The SMILES string of the molecule is CCN(C(=O)c1ccc(OC)cc1F)C1CCNCC1. The summed E-state index contributed by atoms with van der Waals surface area (Å²) in [6, 6.07) is 4.56. The van der Waals surface area contributed by atoms with Crippen LogP contribution in [0.5, 0.6) is 5.75 Å². The van der Waals surface area contributed by atoms with Crippen LogP contribution in [0.1, 0.15) is 30.1 Å². The van der Waals surface area contributed by atoms with Crippen molar-refractivity contribution >= 4 is 5.91 Å². The highest BCUT2D eigenvalue weighted by molar-refractivity contribution is 5.94. The van der Waals surface area contributed by atoms with E-state index in [1.54, 1.807) is 11.0 Å². The number of rotatable bonds is 4. The summed E-state index contributed by atoms with van der Waals surface area (Å²) in [6.45, 7) is 4.33. The molecule has 1 aromatic carbocycles. The van der Waals surface area contributed by atoms with E-state index < -0.39 is 5.82 Å². The van der Waals surface area contributed by atoms with Crippen molar-refractivity contribution in [1.82, 2.24) is 10.2 Å². The predicted octanol–water partition coefficient (Wildman–Crippen LogP) is 2.05. The number of amides is 1. The Morgan fingerprint density at radius 3 is 2.70 bits per heavy atom. The molecule has 4 nitrogen and oxygen atoms in total. The summed E-state index contributed by atoms with van der Waals surface area (Å²) in [5.74, 6) is -0.342. The predicted molar refractivity (Wildman–Crippen MR) is 75.6 cm³/mol. The molecule has 1 aliphatic heterocycles. The molecule has 1 aliphatic rings. The zero-order chi connectivity index (χ0) is 14.5. The Morgan fingerprint density at radius 1 is 1.45 bits per heavy atom. The monoisotopic (exact) mass is 280 g/mol. The van der Waals surface area contributed by atoms with E-state index in [9.17, 15) is 9.18 Å². The molecule has 20 heavy (non-hydrogen) atoms. The van der Waals surface area contributed by atoms with Gasteiger partial charge in [-0.15, -0.1) is 0 Å². The molecule has 0 spiro atoms. The van der Waals surface area contributed by atoms with Crippen molar-refractivity contribution in [2.45, 2.75) is 25.8 Å². The number of carbonyl (C=O) groups is 1. The van der Waals surface area contributed by atoms with Crippen molar-refractivity contribution in [2.75, 3.05) is 26.7 Å². The fourth-order valence-corrected chi connectivity index (χ4v) is 2.64. The van der Waals surface area contributed by atoms with Crippen molar-refractivity contribution in [3.63, 3.8) is 0 Å². The summed E-state index contributed by atoms with van der Waals surface area (Å²) in [5, 5.41) is 3.27. The number of hydrogen-bond acceptors (Lipinski definition) is 3. The maximum absolute atomic E-state index is 14.0. The van der Waals surface area contributed by atoms with Crippen molar-refractivity contribution < 1.29 is 13.9 Å². The Bertz CT molecular complexity index is 473. The maximum Gasteiger partial charge on any atom is 0.257 e. The molecule has 0 aliphatic carbocycles. The summed E-state index contributed by atoms with van der Waals surface area (Å²) >= 11 is 0. The van der Waals surface area contributed by atoms with Gasteiger partial charge in [0, 0.05) is 18.7 Å². The molecule has 110 valence electrons. The van der Waals surface area contributed by atoms with Crippen molar-refractivity contribution in [1.29, 1.82) is 0 Å². The first kappa shape index (κ1) is 14.8. The smallest absolute Gasteiger partial charge is 0.257 e. The van der Waals surface area contributed by atoms with Crippen LogP contribution in [0.3, 0.4) is 0 Å². The lowest BCUT2D eigenvalue weighted by molar-refractivity contribution is 0.0651. The minimum Gasteiger partial charge on any atom is -0.497 e. The van der Waals surface area contributed by atoms with Gasteiger partial charge in [-0.2, -0.15) is 0 Å². The average Bonchev–Trinajstić information content (AvgIpc) is 2.48. The molecule has 0 aromatic heterocycles. The number of hydrogen-bond donors (Lipinski definition) is 1. The normalized spacial score (nSPS) is 15.9. The van der Waals surface area contributed by atoms with E-state index in [2.05, 4.69) is 5.32 Å². The van der Waals surface area contributed by atoms with Crippen LogP contribution in [-0.2, 0) is 0 Å². The second-order valence-corrected chi connectivity index (χ2v) is 4.92. The van der Waals surface area contributed by atoms with Gasteiger partial charge >= 0.3 is 0 Å². The number of piperidine rings is 1. The fraction of sp³-hybridized carbons (Fsp3) is 0.533. The number of benzene rings is 1. The van der Waals surface area contributed by atoms with Gasteiger partial charge in [-0.3, -0.25) is 4.79 Å². The fourth-order valence-electron chi connectivity index (χ4n) is 2.64. The third-order valence-corrected chi connectivity index (χ3v) is 3.76. The van der Waals surface area contributed by atoms with Gasteiger partial charge in [-0.1, -0.05) is 0 Å². The van der Waals surface area contributed by atoms with Crippen LogP contribution >= 0.6 is 0 Å². The lowest BCUT2D eigenvalue weighted by Gasteiger charge is -2.34. The lowest BCUT2D eigenvalue weighted by atomic mass is 10.0. The number of nitrogens with zero attached hydrogens (tertiary/aromatic N) is 1. The molecule has 5 heteroatoms. The Balaban J connectivity index is 2.19. The van der Waals surface area contributed by atoms with Crippen LogP contribution in [0.2, 0.25) is 0 Å². The molecule has 0 unspecified atom stereocenters. The van der Waals surface area contributed by atoms with Gasteiger partial charge in [0.1, 0.15) is 11.6 Å². The number of nitrogens with one attached hydrogen (secondary N) is 1. The van der Waals surface area contributed by atoms with Crippen LogP contribution in [0, 0.1) is 5.82 Å². The summed E-state index contributed by atoms with van der Waals surface area (Å²) in [6.07, 6.45) is 1.83. The second kappa shape index (κ2) is 6.70. The average molecular weight is 280 g/mol. The lowest BCUT2D eigenvalue weighted by Crippen LogP contribution is -2.46. The highest BCUT2D eigenvalue weighted by atomic mass is 19.1. The van der Waals surface area contributed by atoms with E-state index in [1.807, 2.05) is 6.92 Å². The van der Waals surface area contributed by atoms with E-state index in [0.29, 0.717) is 12.3 Å². The van der Waals surface area contributed by atoms with Gasteiger partial charge in [0.25, 0.3) is 5.91 Å². The number of ether oxygens (including phenoxy) is 1. The summed E-state index contributed by atoms with van der Waals surface area (Å²) in [5.41, 5.74) is 0.117. The molecule has 2 rings (SSSR count). The minimum absolute atomic E-state index is 0.117. The van der Waals surface area contributed by atoms with E-state index >= 15 is 0 Å². The zero-order valence-electron chi connectivity index (χ0n) is 12.0. The van der Waals surface area contributed by atoms with Crippen LogP contribution in [-0.4, -0.2) is 43.6 Å². The Morgan fingerprint density at radius 2 is 2.15 bits per heavy atom. The molecule has 1 N–H and O–H groups in total. The molecule has 1 fully saturated rings. The molecule has 0 atom stereocenters. The Labute approximate surface area is 118 Å². The van der Waals surface area contributed by atoms with Crippen LogP contribution in [0.4, 0.5) is 4.39 Å². The van der Waals surface area contributed by atoms with Gasteiger partial charge in [-0.05, 0) is 45.0 Å². The van der Waals surface area contributed by atoms with Gasteiger partial charge in [0.15, 0.2) is 0 Å². The van der Waals surface area contributed by atoms with Gasteiger partial charge in [0.2, 0.25) is 0 Å². The molecule has 0 saturated carbocycles. The van der Waals surface area contributed by atoms with Gasteiger partial charge in [0.05, 0.1) is 12.7 Å². The number of carbonyl (C=O) groups excluding carboxylic acids is 1. The molecule has 1 amide bonds. The highest BCUT2D eigenvalue weighted by Gasteiger charge is 2.26. The quantitative estimate of drug-likeness (QED) is 0.918. The molecule has 1 saturated heterocycles. The summed E-state index contributed by atoms with van der Waals surface area (Å²) in [4.78, 5) is 14.3. The second-order valence-electron chi connectivity index (χ2n) is 4.92. The molecule has 0 bridgehead atoms.